The molecule has 0 atom stereocenters. The van der Waals surface area contributed by atoms with Gasteiger partial charge in [0, 0.05) is 28.4 Å². The van der Waals surface area contributed by atoms with Crippen LogP contribution in [0.25, 0.3) is 0 Å². The number of benzene rings is 1. The summed E-state index contributed by atoms with van der Waals surface area (Å²) in [7, 11) is 1.71. The van der Waals surface area contributed by atoms with Gasteiger partial charge in [-0.05, 0) is 25.1 Å². The standard InChI is InChI=1S/C14H17NOS/c1-11-7-8-13(17-11)10-15-9-12-5-3-4-6-14(12)16-2/h3-8,15H,9-10H2,1-2H3. The third kappa shape index (κ3) is 3.32. The third-order valence-electron chi connectivity index (χ3n) is 2.60. The molecule has 1 aromatic carbocycles. The molecule has 1 N–H and O–H groups in total. The Morgan fingerprint density at radius 3 is 2.65 bits per heavy atom. The zero-order chi connectivity index (χ0) is 12.1. The molecule has 17 heavy (non-hydrogen) atoms. The molecule has 0 aliphatic heterocycles. The smallest absolute Gasteiger partial charge is 0.123 e. The van der Waals surface area contributed by atoms with Gasteiger partial charge < -0.3 is 10.1 Å². The maximum Gasteiger partial charge on any atom is 0.123 e. The summed E-state index contributed by atoms with van der Waals surface area (Å²) in [5, 5.41) is 3.44. The van der Waals surface area contributed by atoms with E-state index in [1.807, 2.05) is 29.5 Å². The maximum absolute atomic E-state index is 5.31. The van der Waals surface area contributed by atoms with Crippen LogP contribution in [0.3, 0.4) is 0 Å². The van der Waals surface area contributed by atoms with Crippen LogP contribution in [0.4, 0.5) is 0 Å². The van der Waals surface area contributed by atoms with Crippen molar-refractivity contribution in [1.82, 2.24) is 5.32 Å². The van der Waals surface area contributed by atoms with E-state index in [4.69, 9.17) is 4.74 Å². The minimum Gasteiger partial charge on any atom is -0.496 e. The van der Waals surface area contributed by atoms with Crippen molar-refractivity contribution in [3.05, 3.63) is 51.7 Å². The topological polar surface area (TPSA) is 21.3 Å². The Morgan fingerprint density at radius 2 is 1.94 bits per heavy atom. The maximum atomic E-state index is 5.31. The van der Waals surface area contributed by atoms with Gasteiger partial charge in [-0.2, -0.15) is 0 Å². The van der Waals surface area contributed by atoms with Crippen LogP contribution in [0.1, 0.15) is 15.3 Å². The fraction of sp³-hybridized carbons (Fsp3) is 0.286. The van der Waals surface area contributed by atoms with Gasteiger partial charge in [0.1, 0.15) is 5.75 Å². The lowest BCUT2D eigenvalue weighted by molar-refractivity contribution is 0.407. The summed E-state index contributed by atoms with van der Waals surface area (Å²) in [6.07, 6.45) is 0. The molecule has 2 rings (SSSR count). The Balaban J connectivity index is 1.89. The van der Waals surface area contributed by atoms with Gasteiger partial charge in [0.25, 0.3) is 0 Å². The number of aryl methyl sites for hydroxylation is 1. The van der Waals surface area contributed by atoms with Crippen molar-refractivity contribution in [2.75, 3.05) is 7.11 Å². The highest BCUT2D eigenvalue weighted by Gasteiger charge is 2.01. The monoisotopic (exact) mass is 247 g/mol. The third-order valence-corrected chi connectivity index (χ3v) is 3.60. The van der Waals surface area contributed by atoms with E-state index in [-0.39, 0.29) is 0 Å². The quantitative estimate of drug-likeness (QED) is 0.875. The van der Waals surface area contributed by atoms with E-state index in [0.29, 0.717) is 0 Å². The number of nitrogens with one attached hydrogen (secondary N) is 1. The largest absolute Gasteiger partial charge is 0.496 e. The molecule has 0 radical (unpaired) electrons. The van der Waals surface area contributed by atoms with Crippen LogP contribution in [0.15, 0.2) is 36.4 Å². The van der Waals surface area contributed by atoms with Crippen LogP contribution < -0.4 is 10.1 Å². The van der Waals surface area contributed by atoms with Crippen LogP contribution in [0, 0.1) is 6.92 Å². The van der Waals surface area contributed by atoms with Crippen molar-refractivity contribution in [1.29, 1.82) is 0 Å². The zero-order valence-corrected chi connectivity index (χ0v) is 11.0. The molecule has 1 aromatic heterocycles. The number of thiophene rings is 1. The number of ether oxygens (including phenoxy) is 1. The van der Waals surface area contributed by atoms with Crippen molar-refractivity contribution < 1.29 is 4.74 Å². The van der Waals surface area contributed by atoms with E-state index in [9.17, 15) is 0 Å². The molecule has 0 unspecified atom stereocenters. The second-order valence-electron chi connectivity index (χ2n) is 3.93. The fourth-order valence-corrected chi connectivity index (χ4v) is 2.61. The van der Waals surface area contributed by atoms with Gasteiger partial charge in [-0.25, -0.2) is 0 Å². The predicted octanol–water partition coefficient (Wildman–Crippen LogP) is 3.35. The lowest BCUT2D eigenvalue weighted by atomic mass is 10.2. The van der Waals surface area contributed by atoms with Gasteiger partial charge >= 0.3 is 0 Å². The fourth-order valence-electron chi connectivity index (χ4n) is 1.75. The Hall–Kier alpha value is -1.32. The minimum absolute atomic E-state index is 0.834. The summed E-state index contributed by atoms with van der Waals surface area (Å²) in [4.78, 5) is 2.73. The number of para-hydroxylation sites is 1. The lowest BCUT2D eigenvalue weighted by Gasteiger charge is -2.08. The summed E-state index contributed by atoms with van der Waals surface area (Å²) >= 11 is 1.84. The first kappa shape index (κ1) is 12.1. The van der Waals surface area contributed by atoms with E-state index in [0.717, 1.165) is 18.8 Å². The van der Waals surface area contributed by atoms with Crippen molar-refractivity contribution in [3.63, 3.8) is 0 Å². The highest BCUT2D eigenvalue weighted by atomic mass is 32.1. The van der Waals surface area contributed by atoms with Gasteiger partial charge in [0.2, 0.25) is 0 Å². The summed E-state index contributed by atoms with van der Waals surface area (Å²) in [5.74, 6) is 0.947. The van der Waals surface area contributed by atoms with Gasteiger partial charge in [0.05, 0.1) is 7.11 Å². The van der Waals surface area contributed by atoms with Crippen LogP contribution in [-0.4, -0.2) is 7.11 Å². The van der Waals surface area contributed by atoms with Crippen molar-refractivity contribution in [2.24, 2.45) is 0 Å². The first-order valence-electron chi connectivity index (χ1n) is 5.67. The average Bonchev–Trinajstić information content (AvgIpc) is 2.76. The number of hydrogen-bond donors (Lipinski definition) is 1. The average molecular weight is 247 g/mol. The first-order chi connectivity index (χ1) is 8.29. The van der Waals surface area contributed by atoms with Crippen molar-refractivity contribution in [2.45, 2.75) is 20.0 Å². The molecule has 0 aliphatic carbocycles. The van der Waals surface area contributed by atoms with Gasteiger partial charge in [0.15, 0.2) is 0 Å². The predicted molar refractivity (Wildman–Crippen MR) is 72.6 cm³/mol. The normalized spacial score (nSPS) is 10.5. The molecule has 90 valence electrons. The minimum atomic E-state index is 0.834. The zero-order valence-electron chi connectivity index (χ0n) is 10.2. The Kier molecular flexibility index (Phi) is 4.18. The van der Waals surface area contributed by atoms with E-state index in [1.165, 1.54) is 15.3 Å². The van der Waals surface area contributed by atoms with Crippen LogP contribution in [-0.2, 0) is 13.1 Å². The SMILES string of the molecule is COc1ccccc1CNCc1ccc(C)s1. The van der Waals surface area contributed by atoms with Crippen molar-refractivity contribution in [3.8, 4) is 5.75 Å². The molecule has 0 amide bonds. The van der Waals surface area contributed by atoms with E-state index in [1.54, 1.807) is 7.11 Å². The lowest BCUT2D eigenvalue weighted by Crippen LogP contribution is -2.12. The number of methoxy groups -OCH3 is 1. The molecule has 0 saturated heterocycles. The van der Waals surface area contributed by atoms with Gasteiger partial charge in [-0.3, -0.25) is 0 Å². The Bertz CT molecular complexity index is 479. The molecule has 0 aliphatic rings. The van der Waals surface area contributed by atoms with Gasteiger partial charge in [-0.15, -0.1) is 11.3 Å². The van der Waals surface area contributed by atoms with E-state index in [2.05, 4.69) is 30.4 Å². The molecular formula is C14H17NOS. The highest BCUT2D eigenvalue weighted by Crippen LogP contribution is 2.18. The van der Waals surface area contributed by atoms with Crippen molar-refractivity contribution >= 4 is 11.3 Å². The molecule has 0 saturated carbocycles. The Labute approximate surface area is 106 Å². The van der Waals surface area contributed by atoms with E-state index < -0.39 is 0 Å². The molecular weight excluding hydrogens is 230 g/mol. The van der Waals surface area contributed by atoms with Crippen LogP contribution >= 0.6 is 11.3 Å². The number of hydrogen-bond acceptors (Lipinski definition) is 3. The molecule has 0 spiro atoms. The second-order valence-corrected chi connectivity index (χ2v) is 5.30. The van der Waals surface area contributed by atoms with Crippen LogP contribution in [0.2, 0.25) is 0 Å². The van der Waals surface area contributed by atoms with E-state index >= 15 is 0 Å². The summed E-state index contributed by atoms with van der Waals surface area (Å²) < 4.78 is 5.31. The van der Waals surface area contributed by atoms with Crippen LogP contribution in [0.5, 0.6) is 5.75 Å². The highest BCUT2D eigenvalue weighted by molar-refractivity contribution is 7.11. The summed E-state index contributed by atoms with van der Waals surface area (Å²) in [5.41, 5.74) is 1.20. The second kappa shape index (κ2) is 5.84. The first-order valence-corrected chi connectivity index (χ1v) is 6.49. The molecule has 0 fully saturated rings. The summed E-state index contributed by atoms with van der Waals surface area (Å²) in [6.45, 7) is 3.88. The number of rotatable bonds is 5. The molecule has 1 heterocycles. The summed E-state index contributed by atoms with van der Waals surface area (Å²) in [6, 6.07) is 12.4. The van der Waals surface area contributed by atoms with Gasteiger partial charge in [-0.1, -0.05) is 18.2 Å². The molecule has 2 aromatic rings. The Morgan fingerprint density at radius 1 is 1.12 bits per heavy atom. The molecule has 3 heteroatoms. The molecule has 0 bridgehead atoms. The molecule has 2 nitrogen and oxygen atoms in total.